The summed E-state index contributed by atoms with van der Waals surface area (Å²) in [5.41, 5.74) is 7.71. The minimum Gasteiger partial charge on any atom is -0.497 e. The van der Waals surface area contributed by atoms with Crippen LogP contribution in [0.2, 0.25) is 0 Å². The third-order valence-electron chi connectivity index (χ3n) is 7.51. The molecule has 2 atom stereocenters. The minimum atomic E-state index is -0.364. The molecule has 2 N–H and O–H groups in total. The van der Waals surface area contributed by atoms with E-state index in [2.05, 4.69) is 25.7 Å². The van der Waals surface area contributed by atoms with E-state index in [1.165, 1.54) is 0 Å². The van der Waals surface area contributed by atoms with Crippen molar-refractivity contribution in [1.82, 2.24) is 14.7 Å². The molecule has 4 rings (SSSR count). The van der Waals surface area contributed by atoms with Gasteiger partial charge in [0, 0.05) is 51.7 Å². The second-order valence-corrected chi connectivity index (χ2v) is 11.8. The van der Waals surface area contributed by atoms with Gasteiger partial charge in [-0.2, -0.15) is 0 Å². The normalized spacial score (nSPS) is 18.6. The summed E-state index contributed by atoms with van der Waals surface area (Å²) in [4.78, 5) is 33.6. The number of fused-ring (bicyclic) bond motifs is 1. The Hall–Kier alpha value is -3.30. The van der Waals surface area contributed by atoms with Gasteiger partial charge in [0.05, 0.1) is 13.2 Å². The van der Waals surface area contributed by atoms with E-state index < -0.39 is 0 Å². The number of nitrogens with zero attached hydrogens (tertiary/aromatic N) is 3. The van der Waals surface area contributed by atoms with Crippen LogP contribution in [0.25, 0.3) is 0 Å². The summed E-state index contributed by atoms with van der Waals surface area (Å²) in [5, 5.41) is 0. The van der Waals surface area contributed by atoms with E-state index in [-0.39, 0.29) is 36.1 Å². The molecule has 0 aromatic heterocycles. The van der Waals surface area contributed by atoms with Crippen molar-refractivity contribution in [2.75, 3.05) is 40.1 Å². The van der Waals surface area contributed by atoms with Crippen LogP contribution in [0.5, 0.6) is 17.2 Å². The summed E-state index contributed by atoms with van der Waals surface area (Å²) in [6.45, 7) is 11.5. The highest BCUT2D eigenvalue weighted by Crippen LogP contribution is 2.35. The molecule has 0 radical (unpaired) electrons. The largest absolute Gasteiger partial charge is 0.497 e. The molecule has 2 aromatic rings. The highest BCUT2D eigenvalue weighted by atomic mass is 16.7. The van der Waals surface area contributed by atoms with Gasteiger partial charge < -0.3 is 29.7 Å². The first-order chi connectivity index (χ1) is 19.1. The highest BCUT2D eigenvalue weighted by molar-refractivity contribution is 5.83. The van der Waals surface area contributed by atoms with Gasteiger partial charge in [-0.05, 0) is 54.2 Å². The number of hydrogen-bond acceptors (Lipinski definition) is 7. The van der Waals surface area contributed by atoms with Gasteiger partial charge in [0.2, 0.25) is 18.6 Å². The molecule has 0 spiro atoms. The Morgan fingerprint density at radius 2 is 1.88 bits per heavy atom. The van der Waals surface area contributed by atoms with E-state index in [1.54, 1.807) is 7.11 Å². The second kappa shape index (κ2) is 12.9. The van der Waals surface area contributed by atoms with Crippen LogP contribution in [0.3, 0.4) is 0 Å². The molecule has 1 fully saturated rings. The fraction of sp³-hybridized carbons (Fsp3) is 0.548. The van der Waals surface area contributed by atoms with Gasteiger partial charge >= 0.3 is 0 Å². The molecule has 0 saturated carbocycles. The monoisotopic (exact) mass is 552 g/mol. The zero-order valence-electron chi connectivity index (χ0n) is 24.5. The van der Waals surface area contributed by atoms with Crippen LogP contribution < -0.4 is 19.9 Å². The highest BCUT2D eigenvalue weighted by Gasteiger charge is 2.42. The summed E-state index contributed by atoms with van der Waals surface area (Å²) in [5.74, 6) is 2.35. The van der Waals surface area contributed by atoms with Crippen LogP contribution in [0.15, 0.2) is 42.5 Å². The van der Waals surface area contributed by atoms with Crippen LogP contribution in [0, 0.1) is 5.41 Å². The van der Waals surface area contributed by atoms with Gasteiger partial charge in [0.25, 0.3) is 0 Å². The van der Waals surface area contributed by atoms with Crippen LogP contribution >= 0.6 is 0 Å². The molecule has 2 amide bonds. The second-order valence-electron chi connectivity index (χ2n) is 11.8. The number of amides is 2. The summed E-state index contributed by atoms with van der Waals surface area (Å²) in [6, 6.07) is 13.3. The third kappa shape index (κ3) is 7.26. The SMILES string of the molecule is CCN(CCN)C(=O)C1CC(N(Cc2cccc(OC)c2)C(=O)CC(C)(C)C)CN1Cc1ccc2c(c1)OCO2. The molecule has 9 nitrogen and oxygen atoms in total. The number of carbonyl (C=O) groups excluding carboxylic acids is 2. The van der Waals surface area contributed by atoms with E-state index in [0.29, 0.717) is 52.1 Å². The van der Waals surface area contributed by atoms with Gasteiger partial charge in [0.1, 0.15) is 5.75 Å². The number of carbonyl (C=O) groups is 2. The van der Waals surface area contributed by atoms with Crippen LogP contribution in [-0.2, 0) is 22.7 Å². The molecular formula is C31H44N4O5. The Bertz CT molecular complexity index is 1180. The molecule has 2 aromatic carbocycles. The molecule has 1 saturated heterocycles. The first kappa shape index (κ1) is 29.7. The third-order valence-corrected chi connectivity index (χ3v) is 7.51. The van der Waals surface area contributed by atoms with Crippen LogP contribution in [0.4, 0.5) is 0 Å². The predicted molar refractivity (Wildman–Crippen MR) is 154 cm³/mol. The van der Waals surface area contributed by atoms with Gasteiger partial charge in [-0.1, -0.05) is 39.0 Å². The zero-order chi connectivity index (χ0) is 28.9. The number of likely N-dealkylation sites (N-methyl/N-ethyl adjacent to an activating group) is 1. The van der Waals surface area contributed by atoms with Crippen LogP contribution in [0.1, 0.15) is 51.7 Å². The van der Waals surface area contributed by atoms with E-state index in [1.807, 2.05) is 59.2 Å². The maximum atomic E-state index is 13.8. The first-order valence-electron chi connectivity index (χ1n) is 14.2. The molecule has 0 bridgehead atoms. The average molecular weight is 553 g/mol. The maximum absolute atomic E-state index is 13.8. The summed E-state index contributed by atoms with van der Waals surface area (Å²) < 4.78 is 16.5. The van der Waals surface area contributed by atoms with Crippen molar-refractivity contribution in [3.63, 3.8) is 0 Å². The van der Waals surface area contributed by atoms with E-state index in [9.17, 15) is 9.59 Å². The zero-order valence-corrected chi connectivity index (χ0v) is 24.5. The molecule has 2 aliphatic heterocycles. The van der Waals surface area contributed by atoms with Crippen molar-refractivity contribution in [3.05, 3.63) is 53.6 Å². The molecule has 40 heavy (non-hydrogen) atoms. The lowest BCUT2D eigenvalue weighted by molar-refractivity contribution is -0.137. The number of benzene rings is 2. The number of rotatable bonds is 11. The summed E-state index contributed by atoms with van der Waals surface area (Å²) >= 11 is 0. The Morgan fingerprint density at radius 3 is 2.58 bits per heavy atom. The van der Waals surface area contributed by atoms with Crippen molar-refractivity contribution >= 4 is 11.8 Å². The number of methoxy groups -OCH3 is 1. The molecule has 0 aliphatic carbocycles. The Kier molecular flexibility index (Phi) is 9.58. The molecule has 218 valence electrons. The fourth-order valence-corrected chi connectivity index (χ4v) is 5.54. The standard InChI is InChI=1S/C31H44N4O5/c1-6-33(13-12-32)30(37)26-16-24(20-34(26)18-23-10-11-27-28(15-23)40-21-39-27)35(29(36)17-31(2,3)4)19-22-8-7-9-25(14-22)38-5/h7-11,14-15,24,26H,6,12-13,16-21,32H2,1-5H3. The minimum absolute atomic E-state index is 0.0563. The van der Waals surface area contributed by atoms with E-state index in [4.69, 9.17) is 19.9 Å². The summed E-state index contributed by atoms with van der Waals surface area (Å²) in [6.07, 6.45) is 0.979. The smallest absolute Gasteiger partial charge is 0.240 e. The Balaban J connectivity index is 1.63. The molecule has 2 aliphatic rings. The van der Waals surface area contributed by atoms with Gasteiger partial charge in [0.15, 0.2) is 11.5 Å². The van der Waals surface area contributed by atoms with E-state index in [0.717, 1.165) is 28.4 Å². The topological polar surface area (TPSA) is 97.6 Å². The first-order valence-corrected chi connectivity index (χ1v) is 14.2. The summed E-state index contributed by atoms with van der Waals surface area (Å²) in [7, 11) is 1.64. The van der Waals surface area contributed by atoms with Crippen molar-refractivity contribution in [3.8, 4) is 17.2 Å². The van der Waals surface area contributed by atoms with Gasteiger partial charge in [-0.25, -0.2) is 0 Å². The van der Waals surface area contributed by atoms with Gasteiger partial charge in [-0.3, -0.25) is 14.5 Å². The lowest BCUT2D eigenvalue weighted by atomic mass is 9.91. The molecule has 2 unspecified atom stereocenters. The van der Waals surface area contributed by atoms with Crippen molar-refractivity contribution in [1.29, 1.82) is 0 Å². The number of nitrogens with two attached hydrogens (primary N) is 1. The van der Waals surface area contributed by atoms with Gasteiger partial charge in [-0.15, -0.1) is 0 Å². The Morgan fingerprint density at radius 1 is 1.10 bits per heavy atom. The van der Waals surface area contributed by atoms with E-state index >= 15 is 0 Å². The molecule has 2 heterocycles. The van der Waals surface area contributed by atoms with Crippen molar-refractivity contribution in [2.45, 2.75) is 65.7 Å². The maximum Gasteiger partial charge on any atom is 0.240 e. The lowest BCUT2D eigenvalue weighted by Gasteiger charge is -2.32. The van der Waals surface area contributed by atoms with Crippen LogP contribution in [-0.4, -0.2) is 78.7 Å². The predicted octanol–water partition coefficient (Wildman–Crippen LogP) is 3.64. The number of ether oxygens (including phenoxy) is 3. The average Bonchev–Trinajstić information content (AvgIpc) is 3.56. The fourth-order valence-electron chi connectivity index (χ4n) is 5.54. The Labute approximate surface area is 238 Å². The van der Waals surface area contributed by atoms with Crippen molar-refractivity contribution < 1.29 is 23.8 Å². The molecular weight excluding hydrogens is 508 g/mol. The molecule has 9 heteroatoms. The lowest BCUT2D eigenvalue weighted by Crippen LogP contribution is -2.46. The van der Waals surface area contributed by atoms with Crippen molar-refractivity contribution in [2.24, 2.45) is 11.1 Å². The number of likely N-dealkylation sites (tertiary alicyclic amines) is 1. The quantitative estimate of drug-likeness (QED) is 0.455. The number of hydrogen-bond donors (Lipinski definition) is 1.